The number of hydrogen-bond donors (Lipinski definition) is 0. The third kappa shape index (κ3) is 6.65. The van der Waals surface area contributed by atoms with Gasteiger partial charge in [-0.15, -0.1) is 0 Å². The Morgan fingerprint density at radius 3 is 2.00 bits per heavy atom. The van der Waals surface area contributed by atoms with Crippen LogP contribution in [0.2, 0.25) is 0 Å². The molecule has 1 aromatic carbocycles. The molecule has 0 unspecified atom stereocenters. The van der Waals surface area contributed by atoms with Crippen LogP contribution >= 0.6 is 0 Å². The summed E-state index contributed by atoms with van der Waals surface area (Å²) in [5.74, 6) is 1.48. The normalized spacial score (nSPS) is 10.4. The van der Waals surface area contributed by atoms with Crippen LogP contribution in [0.25, 0.3) is 0 Å². The number of ether oxygens (including phenoxy) is 2. The zero-order valence-corrected chi connectivity index (χ0v) is 13.6. The fraction of sp³-hybridized carbons (Fsp3) is 0.611. The molecule has 0 saturated carbocycles. The highest BCUT2D eigenvalue weighted by Crippen LogP contribution is 2.29. The van der Waals surface area contributed by atoms with Gasteiger partial charge in [0.25, 0.3) is 0 Å². The minimum atomic E-state index is 0.0472. The molecule has 3 nitrogen and oxygen atoms in total. The summed E-state index contributed by atoms with van der Waals surface area (Å²) >= 11 is 0. The number of carbonyl (C=O) groups excluding carboxylic acids is 1. The third-order valence-corrected chi connectivity index (χ3v) is 3.36. The van der Waals surface area contributed by atoms with Crippen LogP contribution in [-0.4, -0.2) is 19.0 Å². The van der Waals surface area contributed by atoms with Crippen molar-refractivity contribution in [1.82, 2.24) is 0 Å². The van der Waals surface area contributed by atoms with Gasteiger partial charge in [-0.05, 0) is 38.0 Å². The van der Waals surface area contributed by atoms with E-state index in [9.17, 15) is 4.79 Å². The number of benzene rings is 1. The lowest BCUT2D eigenvalue weighted by atomic mass is 10.1. The molecular formula is C18H28O3. The van der Waals surface area contributed by atoms with E-state index >= 15 is 0 Å². The largest absolute Gasteiger partial charge is 0.490 e. The highest BCUT2D eigenvalue weighted by Gasteiger charge is 2.09. The summed E-state index contributed by atoms with van der Waals surface area (Å²) in [6, 6.07) is 5.44. The Morgan fingerprint density at radius 2 is 1.48 bits per heavy atom. The van der Waals surface area contributed by atoms with Crippen molar-refractivity contribution in [3.8, 4) is 11.5 Å². The van der Waals surface area contributed by atoms with Gasteiger partial charge in [-0.3, -0.25) is 4.79 Å². The van der Waals surface area contributed by atoms with E-state index < -0.39 is 0 Å². The maximum atomic E-state index is 11.5. The maximum Gasteiger partial charge on any atom is 0.161 e. The summed E-state index contributed by atoms with van der Waals surface area (Å²) in [7, 11) is 0. The molecule has 0 aliphatic rings. The first-order chi connectivity index (χ1) is 10.2. The van der Waals surface area contributed by atoms with Crippen LogP contribution in [0.3, 0.4) is 0 Å². The molecule has 0 aromatic heterocycles. The van der Waals surface area contributed by atoms with Crippen LogP contribution in [0.5, 0.6) is 11.5 Å². The van der Waals surface area contributed by atoms with Gasteiger partial charge in [-0.2, -0.15) is 0 Å². The van der Waals surface area contributed by atoms with Crippen LogP contribution in [0.1, 0.15) is 69.7 Å². The average Bonchev–Trinajstić information content (AvgIpc) is 2.48. The quantitative estimate of drug-likeness (QED) is 0.424. The summed E-state index contributed by atoms with van der Waals surface area (Å²) < 4.78 is 11.6. The highest BCUT2D eigenvalue weighted by molar-refractivity contribution is 5.94. The van der Waals surface area contributed by atoms with Gasteiger partial charge in [-0.25, -0.2) is 0 Å². The molecule has 0 heterocycles. The van der Waals surface area contributed by atoms with E-state index in [1.807, 2.05) is 6.07 Å². The van der Waals surface area contributed by atoms with E-state index in [2.05, 4.69) is 13.8 Å². The molecule has 0 spiro atoms. The van der Waals surface area contributed by atoms with E-state index in [0.29, 0.717) is 24.5 Å². The molecule has 0 aliphatic carbocycles. The van der Waals surface area contributed by atoms with Crippen molar-refractivity contribution in [3.05, 3.63) is 23.8 Å². The van der Waals surface area contributed by atoms with Gasteiger partial charge in [0.05, 0.1) is 13.2 Å². The molecule has 118 valence electrons. The van der Waals surface area contributed by atoms with Crippen molar-refractivity contribution in [3.63, 3.8) is 0 Å². The Morgan fingerprint density at radius 1 is 0.905 bits per heavy atom. The number of Topliss-reactive ketones (excluding diaryl/α,β-unsaturated/α-hetero) is 1. The number of unbranched alkanes of at least 4 members (excludes halogenated alkanes) is 4. The molecular weight excluding hydrogens is 264 g/mol. The van der Waals surface area contributed by atoms with E-state index in [4.69, 9.17) is 9.47 Å². The Bertz CT molecular complexity index is 426. The number of rotatable bonds is 11. The van der Waals surface area contributed by atoms with Crippen molar-refractivity contribution in [2.24, 2.45) is 0 Å². The second-order valence-electron chi connectivity index (χ2n) is 5.33. The first kappa shape index (κ1) is 17.5. The molecule has 1 rings (SSSR count). The molecule has 0 radical (unpaired) electrons. The van der Waals surface area contributed by atoms with Gasteiger partial charge < -0.3 is 9.47 Å². The number of ketones is 1. The van der Waals surface area contributed by atoms with Crippen molar-refractivity contribution in [2.75, 3.05) is 13.2 Å². The molecule has 0 atom stereocenters. The second-order valence-corrected chi connectivity index (χ2v) is 5.33. The number of hydrogen-bond acceptors (Lipinski definition) is 3. The lowest BCUT2D eigenvalue weighted by Gasteiger charge is -2.13. The highest BCUT2D eigenvalue weighted by atomic mass is 16.5. The zero-order valence-electron chi connectivity index (χ0n) is 13.6. The van der Waals surface area contributed by atoms with Gasteiger partial charge in [0, 0.05) is 5.56 Å². The van der Waals surface area contributed by atoms with Crippen molar-refractivity contribution in [1.29, 1.82) is 0 Å². The van der Waals surface area contributed by atoms with E-state index in [-0.39, 0.29) is 5.78 Å². The van der Waals surface area contributed by atoms with Gasteiger partial charge in [-0.1, -0.05) is 39.5 Å². The predicted octanol–water partition coefficient (Wildman–Crippen LogP) is 5.03. The Balaban J connectivity index is 2.67. The average molecular weight is 292 g/mol. The van der Waals surface area contributed by atoms with Crippen molar-refractivity contribution < 1.29 is 14.3 Å². The summed E-state index contributed by atoms with van der Waals surface area (Å²) in [6.45, 7) is 7.26. The minimum absolute atomic E-state index is 0.0472. The van der Waals surface area contributed by atoms with Crippen molar-refractivity contribution >= 4 is 5.78 Å². The predicted molar refractivity (Wildman–Crippen MR) is 86.5 cm³/mol. The van der Waals surface area contributed by atoms with Gasteiger partial charge in [0.2, 0.25) is 0 Å². The van der Waals surface area contributed by atoms with E-state index in [1.54, 1.807) is 19.1 Å². The van der Waals surface area contributed by atoms with Crippen LogP contribution in [-0.2, 0) is 0 Å². The van der Waals surface area contributed by atoms with Crippen molar-refractivity contribution in [2.45, 2.75) is 59.3 Å². The van der Waals surface area contributed by atoms with Crippen LogP contribution in [0.4, 0.5) is 0 Å². The fourth-order valence-corrected chi connectivity index (χ4v) is 2.03. The third-order valence-electron chi connectivity index (χ3n) is 3.36. The Kier molecular flexibility index (Phi) is 8.56. The number of carbonyl (C=O) groups is 1. The van der Waals surface area contributed by atoms with Gasteiger partial charge in [0.15, 0.2) is 17.3 Å². The lowest BCUT2D eigenvalue weighted by Crippen LogP contribution is -2.04. The van der Waals surface area contributed by atoms with Gasteiger partial charge in [0.1, 0.15) is 0 Å². The fourth-order valence-electron chi connectivity index (χ4n) is 2.03. The molecule has 3 heteroatoms. The Hall–Kier alpha value is -1.51. The van der Waals surface area contributed by atoms with Crippen LogP contribution < -0.4 is 9.47 Å². The molecule has 0 saturated heterocycles. The van der Waals surface area contributed by atoms with Crippen LogP contribution in [0, 0.1) is 0 Å². The van der Waals surface area contributed by atoms with Crippen LogP contribution in [0.15, 0.2) is 18.2 Å². The monoisotopic (exact) mass is 292 g/mol. The minimum Gasteiger partial charge on any atom is -0.490 e. The standard InChI is InChI=1S/C18H28O3/c1-4-6-8-12-20-17-11-10-16(15(3)19)14-18(17)21-13-9-7-5-2/h10-11,14H,4-9,12-13H2,1-3H3. The van der Waals surface area contributed by atoms with Gasteiger partial charge >= 0.3 is 0 Å². The molecule has 21 heavy (non-hydrogen) atoms. The second kappa shape index (κ2) is 10.3. The molecule has 0 fully saturated rings. The summed E-state index contributed by atoms with van der Waals surface area (Å²) in [4.78, 5) is 11.5. The molecule has 1 aromatic rings. The summed E-state index contributed by atoms with van der Waals surface area (Å²) in [6.07, 6.45) is 6.72. The summed E-state index contributed by atoms with van der Waals surface area (Å²) in [5.41, 5.74) is 0.668. The first-order valence-corrected chi connectivity index (χ1v) is 8.09. The topological polar surface area (TPSA) is 35.5 Å². The SMILES string of the molecule is CCCCCOc1ccc(C(C)=O)cc1OCCCCC. The smallest absolute Gasteiger partial charge is 0.161 e. The molecule has 0 aliphatic heterocycles. The maximum absolute atomic E-state index is 11.5. The van der Waals surface area contributed by atoms with E-state index in [0.717, 1.165) is 37.9 Å². The lowest BCUT2D eigenvalue weighted by molar-refractivity contribution is 0.101. The first-order valence-electron chi connectivity index (χ1n) is 8.09. The molecule has 0 N–H and O–H groups in total. The molecule has 0 amide bonds. The molecule has 0 bridgehead atoms. The Labute approximate surface area is 128 Å². The summed E-state index contributed by atoms with van der Waals surface area (Å²) in [5, 5.41) is 0. The van der Waals surface area contributed by atoms with E-state index in [1.165, 1.54) is 6.42 Å². The zero-order chi connectivity index (χ0) is 15.5.